The van der Waals surface area contributed by atoms with E-state index in [9.17, 15) is 14.3 Å². The van der Waals surface area contributed by atoms with E-state index in [4.69, 9.17) is 0 Å². The van der Waals surface area contributed by atoms with Crippen molar-refractivity contribution >= 4 is 5.91 Å². The third-order valence-electron chi connectivity index (χ3n) is 4.88. The van der Waals surface area contributed by atoms with Crippen molar-refractivity contribution in [1.82, 2.24) is 9.80 Å². The molecule has 0 aromatic heterocycles. The number of nitrogens with zero attached hydrogens (tertiary/aromatic N) is 2. The second kappa shape index (κ2) is 6.34. The summed E-state index contributed by atoms with van der Waals surface area (Å²) in [6.45, 7) is 3.58. The molecule has 0 bridgehead atoms. The maximum atomic E-state index is 13.0. The molecule has 2 heterocycles. The number of piperidine rings is 1. The van der Waals surface area contributed by atoms with Gasteiger partial charge >= 0.3 is 0 Å². The highest BCUT2D eigenvalue weighted by molar-refractivity contribution is 5.78. The van der Waals surface area contributed by atoms with Crippen molar-refractivity contribution in [2.24, 2.45) is 0 Å². The minimum atomic E-state index is -0.902. The SMILES string of the molecule is O=C(CN1CCC(O)(c2ccc(F)cc2)CC1)N1CCCC1. The number of aliphatic hydroxyl groups is 1. The lowest BCUT2D eigenvalue weighted by atomic mass is 9.84. The molecule has 1 N–H and O–H groups in total. The summed E-state index contributed by atoms with van der Waals surface area (Å²) < 4.78 is 13.0. The van der Waals surface area contributed by atoms with Crippen LogP contribution in [0.3, 0.4) is 0 Å². The predicted octanol–water partition coefficient (Wildman–Crippen LogP) is 1.73. The highest BCUT2D eigenvalue weighted by Gasteiger charge is 2.34. The number of carbonyl (C=O) groups excluding carboxylic acids is 1. The molecule has 2 aliphatic rings. The number of hydrogen-bond donors (Lipinski definition) is 1. The minimum Gasteiger partial charge on any atom is -0.385 e. The van der Waals surface area contributed by atoms with Gasteiger partial charge in [-0.2, -0.15) is 0 Å². The molecule has 0 saturated carbocycles. The van der Waals surface area contributed by atoms with Crippen molar-refractivity contribution in [2.75, 3.05) is 32.7 Å². The van der Waals surface area contributed by atoms with Gasteiger partial charge in [0.2, 0.25) is 5.91 Å². The Bertz CT molecular complexity index is 518. The van der Waals surface area contributed by atoms with Crippen molar-refractivity contribution in [2.45, 2.75) is 31.3 Å². The summed E-state index contributed by atoms with van der Waals surface area (Å²) in [6.07, 6.45) is 3.37. The largest absolute Gasteiger partial charge is 0.385 e. The molecule has 0 radical (unpaired) electrons. The van der Waals surface area contributed by atoms with E-state index < -0.39 is 5.60 Å². The van der Waals surface area contributed by atoms with Crippen LogP contribution in [0, 0.1) is 5.82 Å². The van der Waals surface area contributed by atoms with E-state index in [-0.39, 0.29) is 11.7 Å². The van der Waals surface area contributed by atoms with Crippen LogP contribution >= 0.6 is 0 Å². The summed E-state index contributed by atoms with van der Waals surface area (Å²) in [6, 6.07) is 6.08. The topological polar surface area (TPSA) is 43.8 Å². The van der Waals surface area contributed by atoms with E-state index in [0.717, 1.165) is 31.5 Å². The normalized spacial score (nSPS) is 22.0. The van der Waals surface area contributed by atoms with Gasteiger partial charge in [-0.15, -0.1) is 0 Å². The summed E-state index contributed by atoms with van der Waals surface area (Å²) >= 11 is 0. The van der Waals surface area contributed by atoms with E-state index in [2.05, 4.69) is 4.90 Å². The standard InChI is InChI=1S/C17H23FN2O2/c18-15-5-3-14(4-6-15)17(22)7-11-19(12-8-17)13-16(21)20-9-1-2-10-20/h3-6,22H,1-2,7-13H2. The first-order chi connectivity index (χ1) is 10.6. The van der Waals surface area contributed by atoms with Gasteiger partial charge in [0, 0.05) is 26.2 Å². The van der Waals surface area contributed by atoms with Gasteiger partial charge in [0.05, 0.1) is 12.1 Å². The Morgan fingerprint density at radius 2 is 1.68 bits per heavy atom. The van der Waals surface area contributed by atoms with Crippen LogP contribution in [0.2, 0.25) is 0 Å². The maximum Gasteiger partial charge on any atom is 0.236 e. The summed E-state index contributed by atoms with van der Waals surface area (Å²) in [5, 5.41) is 10.8. The third-order valence-corrected chi connectivity index (χ3v) is 4.88. The fourth-order valence-corrected chi connectivity index (χ4v) is 3.39. The van der Waals surface area contributed by atoms with E-state index in [0.29, 0.717) is 32.5 Å². The highest BCUT2D eigenvalue weighted by atomic mass is 19.1. The van der Waals surface area contributed by atoms with E-state index in [1.807, 2.05) is 4.90 Å². The molecule has 1 aromatic carbocycles. The molecule has 0 spiro atoms. The van der Waals surface area contributed by atoms with Crippen LogP contribution in [0.1, 0.15) is 31.2 Å². The molecular weight excluding hydrogens is 283 g/mol. The monoisotopic (exact) mass is 306 g/mol. The minimum absolute atomic E-state index is 0.199. The first-order valence-electron chi connectivity index (χ1n) is 8.05. The Hall–Kier alpha value is -1.46. The number of carbonyl (C=O) groups is 1. The number of likely N-dealkylation sites (tertiary alicyclic amines) is 2. The molecular formula is C17H23FN2O2. The van der Waals surface area contributed by atoms with Crippen LogP contribution in [-0.2, 0) is 10.4 Å². The Labute approximate surface area is 130 Å². The van der Waals surface area contributed by atoms with Crippen molar-refractivity contribution in [1.29, 1.82) is 0 Å². The van der Waals surface area contributed by atoms with Gasteiger partial charge < -0.3 is 10.0 Å². The van der Waals surface area contributed by atoms with Crippen LogP contribution in [0.25, 0.3) is 0 Å². The van der Waals surface area contributed by atoms with Crippen molar-refractivity contribution in [3.8, 4) is 0 Å². The molecule has 3 rings (SSSR count). The second-order valence-electron chi connectivity index (χ2n) is 6.40. The molecule has 2 saturated heterocycles. The van der Waals surface area contributed by atoms with Gasteiger partial charge in [0.25, 0.3) is 0 Å². The molecule has 0 aliphatic carbocycles. The molecule has 0 unspecified atom stereocenters. The molecule has 4 nitrogen and oxygen atoms in total. The lowest BCUT2D eigenvalue weighted by Crippen LogP contribution is -2.46. The molecule has 0 atom stereocenters. The zero-order valence-electron chi connectivity index (χ0n) is 12.8. The number of rotatable bonds is 3. The number of benzene rings is 1. The predicted molar refractivity (Wildman–Crippen MR) is 81.8 cm³/mol. The first kappa shape index (κ1) is 15.4. The van der Waals surface area contributed by atoms with Crippen molar-refractivity contribution in [3.05, 3.63) is 35.6 Å². The first-order valence-corrected chi connectivity index (χ1v) is 8.05. The summed E-state index contributed by atoms with van der Waals surface area (Å²) in [7, 11) is 0. The van der Waals surface area contributed by atoms with Gasteiger partial charge in [-0.25, -0.2) is 4.39 Å². The van der Waals surface area contributed by atoms with Gasteiger partial charge in [-0.1, -0.05) is 12.1 Å². The summed E-state index contributed by atoms with van der Waals surface area (Å²) in [4.78, 5) is 16.2. The molecule has 1 amide bonds. The molecule has 120 valence electrons. The quantitative estimate of drug-likeness (QED) is 0.925. The van der Waals surface area contributed by atoms with E-state index in [1.165, 1.54) is 12.1 Å². The zero-order chi connectivity index (χ0) is 15.6. The lowest BCUT2D eigenvalue weighted by molar-refractivity contribution is -0.132. The molecule has 2 fully saturated rings. The van der Waals surface area contributed by atoms with Crippen LogP contribution in [0.5, 0.6) is 0 Å². The maximum absolute atomic E-state index is 13.0. The average molecular weight is 306 g/mol. The van der Waals surface area contributed by atoms with Gasteiger partial charge in [-0.3, -0.25) is 9.69 Å². The Morgan fingerprint density at radius 3 is 2.27 bits per heavy atom. The average Bonchev–Trinajstić information content (AvgIpc) is 3.05. The Balaban J connectivity index is 1.55. The van der Waals surface area contributed by atoms with Gasteiger partial charge in [0.1, 0.15) is 5.82 Å². The molecule has 2 aliphatic heterocycles. The van der Waals surface area contributed by atoms with E-state index in [1.54, 1.807) is 12.1 Å². The lowest BCUT2D eigenvalue weighted by Gasteiger charge is -2.38. The smallest absolute Gasteiger partial charge is 0.236 e. The Morgan fingerprint density at radius 1 is 1.09 bits per heavy atom. The third kappa shape index (κ3) is 3.31. The molecule has 5 heteroatoms. The number of hydrogen-bond acceptors (Lipinski definition) is 3. The second-order valence-corrected chi connectivity index (χ2v) is 6.40. The fraction of sp³-hybridized carbons (Fsp3) is 0.588. The number of amides is 1. The van der Waals surface area contributed by atoms with Crippen LogP contribution in [0.15, 0.2) is 24.3 Å². The van der Waals surface area contributed by atoms with Crippen LogP contribution < -0.4 is 0 Å². The van der Waals surface area contributed by atoms with Crippen LogP contribution in [0.4, 0.5) is 4.39 Å². The molecule has 22 heavy (non-hydrogen) atoms. The summed E-state index contributed by atoms with van der Waals surface area (Å²) in [5.74, 6) is -0.0919. The Kier molecular flexibility index (Phi) is 4.45. The molecule has 1 aromatic rings. The van der Waals surface area contributed by atoms with Crippen LogP contribution in [-0.4, -0.2) is 53.5 Å². The van der Waals surface area contributed by atoms with E-state index >= 15 is 0 Å². The highest BCUT2D eigenvalue weighted by Crippen LogP contribution is 2.32. The summed E-state index contributed by atoms with van der Waals surface area (Å²) in [5.41, 5.74) is -0.139. The number of halogens is 1. The van der Waals surface area contributed by atoms with Crippen molar-refractivity contribution < 1.29 is 14.3 Å². The fourth-order valence-electron chi connectivity index (χ4n) is 3.39. The van der Waals surface area contributed by atoms with Gasteiger partial charge in [0.15, 0.2) is 0 Å². The zero-order valence-corrected chi connectivity index (χ0v) is 12.8. The van der Waals surface area contributed by atoms with Gasteiger partial charge in [-0.05, 0) is 43.4 Å². The van der Waals surface area contributed by atoms with Crippen molar-refractivity contribution in [3.63, 3.8) is 0 Å².